The van der Waals surface area contributed by atoms with E-state index in [0.717, 1.165) is 0 Å². The number of aliphatic imine (C=N–C) groups is 1. The second kappa shape index (κ2) is 5.06. The lowest BCUT2D eigenvalue weighted by molar-refractivity contribution is 0.327. The molecule has 0 saturated carbocycles. The first-order valence-corrected chi connectivity index (χ1v) is 6.11. The minimum atomic E-state index is -2.84. The van der Waals surface area contributed by atoms with Crippen molar-refractivity contribution >= 4 is 22.4 Å². The molecule has 0 aromatic carbocycles. The molecule has 0 aromatic heterocycles. The molecule has 0 amide bonds. The van der Waals surface area contributed by atoms with Crippen LogP contribution in [0.25, 0.3) is 0 Å². The van der Waals surface area contributed by atoms with Crippen molar-refractivity contribution in [1.82, 2.24) is 10.3 Å². The first kappa shape index (κ1) is 11.1. The van der Waals surface area contributed by atoms with Crippen LogP contribution in [-0.4, -0.2) is 50.7 Å². The van der Waals surface area contributed by atoms with Gasteiger partial charge in [-0.15, -0.1) is 0 Å². The molecule has 1 saturated heterocycles. The first-order valence-electron chi connectivity index (χ1n) is 4.29. The summed E-state index contributed by atoms with van der Waals surface area (Å²) in [4.78, 5) is 5.53. The predicted octanol–water partition coefficient (Wildman–Crippen LogP) is -0.745. The topological polar surface area (TPSA) is 74.1 Å². The van der Waals surface area contributed by atoms with Gasteiger partial charge in [0.2, 0.25) is 0 Å². The van der Waals surface area contributed by atoms with E-state index in [-0.39, 0.29) is 11.6 Å². The van der Waals surface area contributed by atoms with Crippen LogP contribution < -0.4 is 5.43 Å². The summed E-state index contributed by atoms with van der Waals surface area (Å²) in [5.74, 6) is 0.359. The minimum Gasteiger partial charge on any atom is -0.294 e. The standard InChI is InChI=1S/C7H14N4O2S/c1-2-8-5-9-10-6-11-3-4-14(12,13)7-11/h2,5,10H,3-4,6-7H2,1H3/b8-2?,9-5-. The fourth-order valence-corrected chi connectivity index (χ4v) is 2.52. The summed E-state index contributed by atoms with van der Waals surface area (Å²) in [6.07, 6.45) is 3.00. The van der Waals surface area contributed by atoms with Crippen LogP contribution in [-0.2, 0) is 9.84 Å². The van der Waals surface area contributed by atoms with Crippen LogP contribution in [0.15, 0.2) is 10.1 Å². The van der Waals surface area contributed by atoms with Crippen molar-refractivity contribution in [3.63, 3.8) is 0 Å². The van der Waals surface area contributed by atoms with E-state index in [2.05, 4.69) is 15.5 Å². The van der Waals surface area contributed by atoms with Gasteiger partial charge in [0.25, 0.3) is 0 Å². The molecule has 0 bridgehead atoms. The highest BCUT2D eigenvalue weighted by atomic mass is 32.2. The van der Waals surface area contributed by atoms with Crippen molar-refractivity contribution in [1.29, 1.82) is 0 Å². The van der Waals surface area contributed by atoms with E-state index in [9.17, 15) is 8.42 Å². The van der Waals surface area contributed by atoms with Crippen molar-refractivity contribution < 1.29 is 8.42 Å². The highest BCUT2D eigenvalue weighted by molar-refractivity contribution is 7.91. The predicted molar refractivity (Wildman–Crippen MR) is 56.0 cm³/mol. The van der Waals surface area contributed by atoms with Gasteiger partial charge in [0.15, 0.2) is 9.84 Å². The quantitative estimate of drug-likeness (QED) is 0.383. The third-order valence-electron chi connectivity index (χ3n) is 1.76. The molecular formula is C7H14N4O2S. The molecule has 1 aliphatic heterocycles. The molecule has 0 aliphatic carbocycles. The molecule has 1 N–H and O–H groups in total. The van der Waals surface area contributed by atoms with Gasteiger partial charge in [0.1, 0.15) is 12.2 Å². The maximum Gasteiger partial charge on any atom is 0.164 e. The molecule has 0 radical (unpaired) electrons. The molecular weight excluding hydrogens is 204 g/mol. The van der Waals surface area contributed by atoms with Crippen molar-refractivity contribution in [3.05, 3.63) is 0 Å². The molecule has 14 heavy (non-hydrogen) atoms. The van der Waals surface area contributed by atoms with Crippen molar-refractivity contribution in [2.45, 2.75) is 6.92 Å². The molecule has 1 rings (SSSR count). The summed E-state index contributed by atoms with van der Waals surface area (Å²) < 4.78 is 22.1. The van der Waals surface area contributed by atoms with Crippen LogP contribution in [0.5, 0.6) is 0 Å². The number of hydrogen-bond acceptors (Lipinski definition) is 5. The van der Waals surface area contributed by atoms with Crippen molar-refractivity contribution in [2.75, 3.05) is 24.8 Å². The Hall–Kier alpha value is -0.950. The van der Waals surface area contributed by atoms with Crippen LogP contribution in [0.1, 0.15) is 6.92 Å². The maximum absolute atomic E-state index is 11.0. The maximum atomic E-state index is 11.0. The molecule has 0 atom stereocenters. The van der Waals surface area contributed by atoms with E-state index in [1.54, 1.807) is 18.0 Å². The van der Waals surface area contributed by atoms with Crippen LogP contribution in [0, 0.1) is 0 Å². The molecule has 7 heteroatoms. The van der Waals surface area contributed by atoms with Gasteiger partial charge in [0, 0.05) is 12.8 Å². The van der Waals surface area contributed by atoms with Gasteiger partial charge in [-0.2, -0.15) is 5.10 Å². The number of nitrogens with zero attached hydrogens (tertiary/aromatic N) is 3. The number of rotatable bonds is 4. The first-order chi connectivity index (χ1) is 6.64. The Kier molecular flexibility index (Phi) is 4.02. The lowest BCUT2D eigenvalue weighted by Crippen LogP contribution is -2.29. The van der Waals surface area contributed by atoms with Crippen molar-refractivity contribution in [2.24, 2.45) is 10.1 Å². The number of sulfone groups is 1. The number of hydrogen-bond donors (Lipinski definition) is 1. The van der Waals surface area contributed by atoms with Gasteiger partial charge in [-0.1, -0.05) is 0 Å². The summed E-state index contributed by atoms with van der Waals surface area (Å²) >= 11 is 0. The second-order valence-corrected chi connectivity index (χ2v) is 5.09. The molecule has 0 unspecified atom stereocenters. The van der Waals surface area contributed by atoms with Gasteiger partial charge in [0.05, 0.1) is 12.4 Å². The van der Waals surface area contributed by atoms with Gasteiger partial charge >= 0.3 is 0 Å². The summed E-state index contributed by atoms with van der Waals surface area (Å²) in [6.45, 7) is 2.80. The normalized spacial score (nSPS) is 22.4. The Labute approximate surface area is 83.6 Å². The summed E-state index contributed by atoms with van der Waals surface area (Å²) in [6, 6.07) is 0. The van der Waals surface area contributed by atoms with Crippen LogP contribution >= 0.6 is 0 Å². The van der Waals surface area contributed by atoms with Crippen LogP contribution in [0.4, 0.5) is 0 Å². The third kappa shape index (κ3) is 3.84. The Balaban J connectivity index is 2.21. The minimum absolute atomic E-state index is 0.118. The van der Waals surface area contributed by atoms with Crippen molar-refractivity contribution in [3.8, 4) is 0 Å². The Morgan fingerprint density at radius 1 is 1.57 bits per heavy atom. The van der Waals surface area contributed by atoms with E-state index in [1.165, 1.54) is 6.34 Å². The van der Waals surface area contributed by atoms with Gasteiger partial charge < -0.3 is 0 Å². The molecule has 0 aromatic rings. The van der Waals surface area contributed by atoms with Gasteiger partial charge in [-0.05, 0) is 6.92 Å². The van der Waals surface area contributed by atoms with Gasteiger partial charge in [-0.3, -0.25) is 10.3 Å². The lowest BCUT2D eigenvalue weighted by Gasteiger charge is -2.11. The highest BCUT2D eigenvalue weighted by Gasteiger charge is 2.24. The fourth-order valence-electron chi connectivity index (χ4n) is 1.08. The van der Waals surface area contributed by atoms with Crippen LogP contribution in [0.2, 0.25) is 0 Å². The zero-order valence-corrected chi connectivity index (χ0v) is 8.87. The fraction of sp³-hybridized carbons (Fsp3) is 0.714. The van der Waals surface area contributed by atoms with E-state index >= 15 is 0 Å². The zero-order valence-electron chi connectivity index (χ0n) is 8.05. The lowest BCUT2D eigenvalue weighted by atomic mass is 10.7. The summed E-state index contributed by atoms with van der Waals surface area (Å²) in [5, 5.41) is 3.76. The van der Waals surface area contributed by atoms with E-state index in [0.29, 0.717) is 13.2 Å². The Morgan fingerprint density at radius 3 is 2.93 bits per heavy atom. The third-order valence-corrected chi connectivity index (χ3v) is 3.32. The van der Waals surface area contributed by atoms with Crippen LogP contribution in [0.3, 0.4) is 0 Å². The number of nitrogens with one attached hydrogen (secondary N) is 1. The van der Waals surface area contributed by atoms with Gasteiger partial charge in [-0.25, -0.2) is 13.4 Å². The molecule has 6 nitrogen and oxygen atoms in total. The monoisotopic (exact) mass is 218 g/mol. The smallest absolute Gasteiger partial charge is 0.164 e. The highest BCUT2D eigenvalue weighted by Crippen LogP contribution is 2.04. The molecule has 1 fully saturated rings. The Morgan fingerprint density at radius 2 is 2.36 bits per heavy atom. The molecule has 1 heterocycles. The average Bonchev–Trinajstić information content (AvgIpc) is 2.45. The summed E-state index contributed by atoms with van der Waals surface area (Å²) in [5.41, 5.74) is 2.72. The largest absolute Gasteiger partial charge is 0.294 e. The molecule has 0 spiro atoms. The Bertz CT molecular complexity index is 323. The molecule has 1 aliphatic rings. The van der Waals surface area contributed by atoms with E-state index in [4.69, 9.17) is 0 Å². The summed E-state index contributed by atoms with van der Waals surface area (Å²) in [7, 11) is -2.84. The average molecular weight is 218 g/mol. The SMILES string of the molecule is CC=N/C=N\NCN1CCS(=O)(=O)C1. The van der Waals surface area contributed by atoms with E-state index < -0.39 is 9.84 Å². The molecule has 80 valence electrons. The number of hydrazone groups is 1. The zero-order chi connectivity index (χ0) is 10.4. The van der Waals surface area contributed by atoms with E-state index in [1.807, 2.05) is 0 Å². The second-order valence-electron chi connectivity index (χ2n) is 2.94.